The summed E-state index contributed by atoms with van der Waals surface area (Å²) in [7, 11) is 0. The van der Waals surface area contributed by atoms with Gasteiger partial charge in [-0.25, -0.2) is 0 Å². The van der Waals surface area contributed by atoms with Crippen LogP contribution in [-0.2, 0) is 14.9 Å². The monoisotopic (exact) mass is 459 g/mol. The number of nitrogens with one attached hydrogen (secondary N) is 2. The molecule has 0 radical (unpaired) electrons. The average molecular weight is 460 g/mol. The number of halogens is 3. The highest BCUT2D eigenvalue weighted by Crippen LogP contribution is 2.38. The molecule has 1 amide bonds. The zero-order valence-electron chi connectivity index (χ0n) is 20.3. The molecule has 1 fully saturated rings. The minimum absolute atomic E-state index is 0.0571. The van der Waals surface area contributed by atoms with Crippen LogP contribution in [0, 0.1) is 0 Å². The van der Waals surface area contributed by atoms with Gasteiger partial charge in [0.1, 0.15) is 6.54 Å². The summed E-state index contributed by atoms with van der Waals surface area (Å²) in [6.07, 6.45) is -1.37. The highest BCUT2D eigenvalue weighted by Gasteiger charge is 2.28. The van der Waals surface area contributed by atoms with E-state index in [-0.39, 0.29) is 23.3 Å². The molecular weight excluding hydrogens is 419 g/mol. The van der Waals surface area contributed by atoms with Crippen LogP contribution in [0.25, 0.3) is 0 Å². The fourth-order valence-electron chi connectivity index (χ4n) is 3.63. The Labute approximate surface area is 190 Å². The number of ether oxygens (including phenoxy) is 1. The number of carbonyl (C=O) groups excluding carboxylic acids is 1. The first kappa shape index (κ1) is 28.1. The van der Waals surface area contributed by atoms with Gasteiger partial charge in [0.15, 0.2) is 0 Å². The quantitative estimate of drug-likeness (QED) is 0.433. The van der Waals surface area contributed by atoms with Gasteiger partial charge >= 0.3 is 6.18 Å². The van der Waals surface area contributed by atoms with E-state index < -0.39 is 12.7 Å². The Hall–Kier alpha value is -1.96. The number of rotatable bonds is 8. The second-order valence-corrected chi connectivity index (χ2v) is 9.12. The fraction of sp³-hybridized carbons (Fsp3) is 0.708. The average Bonchev–Trinajstić information content (AvgIpc) is 3.23. The van der Waals surface area contributed by atoms with Crippen molar-refractivity contribution in [3.63, 3.8) is 0 Å². The van der Waals surface area contributed by atoms with Crippen LogP contribution >= 0.6 is 0 Å². The predicted octanol–water partition coefficient (Wildman–Crippen LogP) is 5.75. The van der Waals surface area contributed by atoms with Crippen molar-refractivity contribution < 1.29 is 22.7 Å². The molecule has 0 saturated carbocycles. The van der Waals surface area contributed by atoms with Crippen LogP contribution in [0.4, 0.5) is 24.5 Å². The number of hydrogen-bond donors (Lipinski definition) is 3. The second kappa shape index (κ2) is 12.3. The summed E-state index contributed by atoms with van der Waals surface area (Å²) in [5, 5.41) is 5.36. The molecular formula is C24H40F3N3O2. The summed E-state index contributed by atoms with van der Waals surface area (Å²) in [6, 6.07) is 3.36. The van der Waals surface area contributed by atoms with E-state index in [9.17, 15) is 18.0 Å². The molecule has 1 unspecified atom stereocenters. The first-order valence-electron chi connectivity index (χ1n) is 11.5. The lowest BCUT2D eigenvalue weighted by Gasteiger charge is -2.27. The lowest BCUT2D eigenvalue weighted by atomic mass is 9.81. The molecule has 8 heteroatoms. The Morgan fingerprint density at radius 3 is 2.44 bits per heavy atom. The van der Waals surface area contributed by atoms with Gasteiger partial charge < -0.3 is 21.1 Å². The van der Waals surface area contributed by atoms with Crippen molar-refractivity contribution in [1.82, 2.24) is 5.32 Å². The third-order valence-corrected chi connectivity index (χ3v) is 5.40. The molecule has 1 aromatic carbocycles. The summed E-state index contributed by atoms with van der Waals surface area (Å²) >= 11 is 0. The molecule has 2 rings (SSSR count). The highest BCUT2D eigenvalue weighted by molar-refractivity contribution is 5.76. The zero-order chi connectivity index (χ0) is 24.5. The lowest BCUT2D eigenvalue weighted by Crippen LogP contribution is -2.31. The van der Waals surface area contributed by atoms with E-state index in [0.717, 1.165) is 30.6 Å². The molecule has 1 aliphatic heterocycles. The maximum Gasteiger partial charge on any atom is 0.405 e. The van der Waals surface area contributed by atoms with E-state index in [1.54, 1.807) is 12.1 Å². The molecule has 0 aromatic heterocycles. The van der Waals surface area contributed by atoms with E-state index in [4.69, 9.17) is 10.5 Å². The number of amides is 1. The Morgan fingerprint density at radius 1 is 1.25 bits per heavy atom. The first-order valence-corrected chi connectivity index (χ1v) is 11.5. The molecule has 0 bridgehead atoms. The van der Waals surface area contributed by atoms with Gasteiger partial charge in [-0.1, -0.05) is 41.5 Å². The fourth-order valence-corrected chi connectivity index (χ4v) is 3.63. The van der Waals surface area contributed by atoms with Gasteiger partial charge in [-0.15, -0.1) is 0 Å². The third kappa shape index (κ3) is 9.27. The molecule has 1 aromatic rings. The van der Waals surface area contributed by atoms with Gasteiger partial charge in [-0.3, -0.25) is 4.79 Å². The molecule has 184 valence electrons. The molecule has 4 N–H and O–H groups in total. The van der Waals surface area contributed by atoms with Crippen molar-refractivity contribution >= 4 is 17.3 Å². The Morgan fingerprint density at radius 2 is 1.91 bits per heavy atom. The molecule has 2 atom stereocenters. The van der Waals surface area contributed by atoms with Crippen molar-refractivity contribution in [3.8, 4) is 0 Å². The summed E-state index contributed by atoms with van der Waals surface area (Å²) < 4.78 is 43.5. The maximum atomic E-state index is 12.7. The Bertz CT molecular complexity index is 724. The number of nitrogen functional groups attached to an aromatic ring is 1. The number of benzene rings is 1. The van der Waals surface area contributed by atoms with Gasteiger partial charge in [0.2, 0.25) is 5.91 Å². The van der Waals surface area contributed by atoms with E-state index in [1.165, 1.54) is 0 Å². The van der Waals surface area contributed by atoms with Crippen LogP contribution in [0.1, 0.15) is 84.3 Å². The standard InChI is InChI=1S/C22H34F3N3O2.C2H6/c1-14(7-8-19(29)27-12-16-6-5-9-30-16)17-10-15(28-13-22(23,24)25)11-18(20(17)26)21(2,3)4;1-2/h10-11,14,16,28H,5-9,12-13,26H2,1-4H3,(H,27,29);1-2H3/t14-,16?;/m0./s1. The largest absolute Gasteiger partial charge is 0.405 e. The van der Waals surface area contributed by atoms with Crippen molar-refractivity contribution in [2.75, 3.05) is 30.7 Å². The number of hydrogen-bond acceptors (Lipinski definition) is 4. The molecule has 1 heterocycles. The molecule has 1 saturated heterocycles. The van der Waals surface area contributed by atoms with Gasteiger partial charge in [-0.2, -0.15) is 13.2 Å². The first-order chi connectivity index (χ1) is 14.9. The van der Waals surface area contributed by atoms with E-state index in [0.29, 0.717) is 30.8 Å². The molecule has 0 aliphatic carbocycles. The van der Waals surface area contributed by atoms with Gasteiger partial charge in [0, 0.05) is 30.9 Å². The summed E-state index contributed by atoms with van der Waals surface area (Å²) in [5.74, 6) is -0.134. The smallest absolute Gasteiger partial charge is 0.398 e. The van der Waals surface area contributed by atoms with Crippen molar-refractivity contribution in [2.24, 2.45) is 0 Å². The van der Waals surface area contributed by atoms with E-state index in [1.807, 2.05) is 41.5 Å². The Balaban J connectivity index is 0.00000249. The normalized spacial score (nSPS) is 17.3. The van der Waals surface area contributed by atoms with Gasteiger partial charge in [0.05, 0.1) is 6.10 Å². The summed E-state index contributed by atoms with van der Waals surface area (Å²) in [5.41, 5.74) is 8.59. The number of nitrogens with two attached hydrogens (primary N) is 1. The molecule has 5 nitrogen and oxygen atoms in total. The second-order valence-electron chi connectivity index (χ2n) is 9.12. The van der Waals surface area contributed by atoms with Crippen molar-refractivity contribution in [3.05, 3.63) is 23.3 Å². The Kier molecular flexibility index (Phi) is 10.8. The third-order valence-electron chi connectivity index (χ3n) is 5.40. The lowest BCUT2D eigenvalue weighted by molar-refractivity contribution is -0.121. The number of alkyl halides is 3. The summed E-state index contributed by atoms with van der Waals surface area (Å²) in [6.45, 7) is 12.0. The van der Waals surface area contributed by atoms with Crippen molar-refractivity contribution in [2.45, 2.75) is 90.8 Å². The van der Waals surface area contributed by atoms with Crippen LogP contribution < -0.4 is 16.4 Å². The van der Waals surface area contributed by atoms with Gasteiger partial charge in [-0.05, 0) is 53.9 Å². The van der Waals surface area contributed by atoms with E-state index in [2.05, 4.69) is 10.6 Å². The van der Waals surface area contributed by atoms with Gasteiger partial charge in [0.25, 0.3) is 0 Å². The van der Waals surface area contributed by atoms with Crippen LogP contribution in [0.3, 0.4) is 0 Å². The molecule has 1 aliphatic rings. The van der Waals surface area contributed by atoms with Crippen LogP contribution in [0.2, 0.25) is 0 Å². The molecule has 32 heavy (non-hydrogen) atoms. The SMILES string of the molecule is CC.C[C@@H](CCC(=O)NCC1CCCO1)c1cc(NCC(F)(F)F)cc(C(C)(C)C)c1N. The van der Waals surface area contributed by atoms with Crippen LogP contribution in [-0.4, -0.2) is 37.9 Å². The number of carbonyl (C=O) groups is 1. The topological polar surface area (TPSA) is 76.4 Å². The zero-order valence-corrected chi connectivity index (χ0v) is 20.3. The van der Waals surface area contributed by atoms with Crippen molar-refractivity contribution in [1.29, 1.82) is 0 Å². The predicted molar refractivity (Wildman–Crippen MR) is 125 cm³/mol. The van der Waals surface area contributed by atoms with E-state index >= 15 is 0 Å². The minimum atomic E-state index is -4.31. The minimum Gasteiger partial charge on any atom is -0.398 e. The number of anilines is 2. The maximum absolute atomic E-state index is 12.7. The van der Waals surface area contributed by atoms with Crippen LogP contribution in [0.15, 0.2) is 12.1 Å². The summed E-state index contributed by atoms with van der Waals surface area (Å²) in [4.78, 5) is 12.2. The molecule has 0 spiro atoms. The highest BCUT2D eigenvalue weighted by atomic mass is 19.4. The van der Waals surface area contributed by atoms with Crippen LogP contribution in [0.5, 0.6) is 0 Å².